The van der Waals surface area contributed by atoms with E-state index < -0.39 is 0 Å². The maximum atomic E-state index is 5.95. The molecule has 1 aromatic heterocycles. The first-order chi connectivity index (χ1) is 10.2. The smallest absolute Gasteiger partial charge is 0.0723 e. The maximum Gasteiger partial charge on any atom is 0.0723 e. The van der Waals surface area contributed by atoms with Crippen LogP contribution in [0.25, 0.3) is 10.9 Å². The molecule has 0 amide bonds. The number of para-hydroxylation sites is 1. The molecular weight excluding hydrogens is 260 g/mol. The highest BCUT2D eigenvalue weighted by molar-refractivity contribution is 5.93. The van der Waals surface area contributed by atoms with Crippen molar-refractivity contribution >= 4 is 16.6 Å². The zero-order chi connectivity index (χ0) is 14.8. The summed E-state index contributed by atoms with van der Waals surface area (Å²) in [6.07, 6.45) is 1.94. The Morgan fingerprint density at radius 1 is 1.14 bits per heavy atom. The van der Waals surface area contributed by atoms with E-state index in [1.54, 1.807) is 0 Å². The lowest BCUT2D eigenvalue weighted by Crippen LogP contribution is -2.49. The van der Waals surface area contributed by atoms with Crippen molar-refractivity contribution < 1.29 is 0 Å². The molecule has 2 N–H and O–H groups in total. The largest absolute Gasteiger partial charge is 0.368 e. The van der Waals surface area contributed by atoms with Gasteiger partial charge in [0.1, 0.15) is 0 Å². The highest BCUT2D eigenvalue weighted by Gasteiger charge is 2.22. The Morgan fingerprint density at radius 2 is 1.86 bits per heavy atom. The van der Waals surface area contributed by atoms with Crippen LogP contribution in [0.2, 0.25) is 0 Å². The molecule has 2 aromatic rings. The van der Waals surface area contributed by atoms with Gasteiger partial charge in [-0.25, -0.2) is 0 Å². The van der Waals surface area contributed by atoms with E-state index in [0.29, 0.717) is 12.6 Å². The van der Waals surface area contributed by atoms with E-state index >= 15 is 0 Å². The number of pyridine rings is 1. The minimum atomic E-state index is 0.539. The third-order valence-corrected chi connectivity index (χ3v) is 4.40. The molecule has 0 aliphatic carbocycles. The van der Waals surface area contributed by atoms with E-state index in [-0.39, 0.29) is 0 Å². The summed E-state index contributed by atoms with van der Waals surface area (Å²) in [7, 11) is 0. The van der Waals surface area contributed by atoms with Crippen molar-refractivity contribution in [1.29, 1.82) is 0 Å². The minimum Gasteiger partial charge on any atom is -0.368 e. The molecule has 0 unspecified atom stereocenters. The quantitative estimate of drug-likeness (QED) is 0.939. The molecule has 1 fully saturated rings. The average Bonchev–Trinajstić information content (AvgIpc) is 2.53. The van der Waals surface area contributed by atoms with E-state index in [9.17, 15) is 0 Å². The van der Waals surface area contributed by atoms with Crippen LogP contribution in [-0.4, -0.2) is 42.1 Å². The van der Waals surface area contributed by atoms with Crippen LogP contribution in [0.3, 0.4) is 0 Å². The number of anilines is 1. The Morgan fingerprint density at radius 3 is 2.52 bits per heavy atom. The summed E-state index contributed by atoms with van der Waals surface area (Å²) >= 11 is 0. The van der Waals surface area contributed by atoms with Crippen LogP contribution in [0.5, 0.6) is 0 Å². The Hall–Kier alpha value is -1.65. The van der Waals surface area contributed by atoms with Crippen LogP contribution in [0.1, 0.15) is 19.4 Å². The van der Waals surface area contributed by atoms with Gasteiger partial charge in [-0.05, 0) is 19.9 Å². The Bertz CT molecular complexity index is 615. The van der Waals surface area contributed by atoms with Crippen molar-refractivity contribution in [2.75, 3.05) is 31.1 Å². The first-order valence-corrected chi connectivity index (χ1v) is 7.76. The lowest BCUT2D eigenvalue weighted by molar-refractivity contribution is 0.209. The summed E-state index contributed by atoms with van der Waals surface area (Å²) in [6.45, 7) is 9.40. The molecule has 0 atom stereocenters. The molecule has 21 heavy (non-hydrogen) atoms. The number of piperazine rings is 1. The van der Waals surface area contributed by atoms with Gasteiger partial charge in [0.2, 0.25) is 0 Å². The maximum absolute atomic E-state index is 5.95. The second-order valence-electron chi connectivity index (χ2n) is 5.97. The van der Waals surface area contributed by atoms with Gasteiger partial charge in [-0.3, -0.25) is 9.88 Å². The molecule has 0 radical (unpaired) electrons. The summed E-state index contributed by atoms with van der Waals surface area (Å²) in [5, 5.41) is 1.22. The van der Waals surface area contributed by atoms with Gasteiger partial charge in [-0.2, -0.15) is 0 Å². The number of hydrogen-bond donors (Lipinski definition) is 1. The molecule has 1 aliphatic rings. The Balaban J connectivity index is 1.96. The topological polar surface area (TPSA) is 45.4 Å². The molecule has 1 saturated heterocycles. The predicted octanol–water partition coefficient (Wildman–Crippen LogP) is 2.22. The van der Waals surface area contributed by atoms with E-state index in [4.69, 9.17) is 5.73 Å². The van der Waals surface area contributed by atoms with E-state index in [1.165, 1.54) is 11.1 Å². The normalized spacial score (nSPS) is 16.9. The summed E-state index contributed by atoms with van der Waals surface area (Å²) in [5.74, 6) is 0. The van der Waals surface area contributed by atoms with Crippen LogP contribution in [-0.2, 0) is 6.54 Å². The zero-order valence-electron chi connectivity index (χ0n) is 12.9. The van der Waals surface area contributed by atoms with Gasteiger partial charge in [0.25, 0.3) is 0 Å². The predicted molar refractivity (Wildman–Crippen MR) is 88.6 cm³/mol. The van der Waals surface area contributed by atoms with Crippen molar-refractivity contribution in [2.45, 2.75) is 26.4 Å². The molecular formula is C17H24N4. The highest BCUT2D eigenvalue weighted by atomic mass is 15.3. The summed E-state index contributed by atoms with van der Waals surface area (Å²) in [5.41, 5.74) is 9.43. The fraction of sp³-hybridized carbons (Fsp3) is 0.471. The van der Waals surface area contributed by atoms with Crippen LogP contribution >= 0.6 is 0 Å². The third-order valence-electron chi connectivity index (χ3n) is 4.40. The summed E-state index contributed by atoms with van der Waals surface area (Å²) in [6, 6.07) is 8.97. The first kappa shape index (κ1) is 14.3. The average molecular weight is 284 g/mol. The molecule has 112 valence electrons. The van der Waals surface area contributed by atoms with Crippen LogP contribution in [0, 0.1) is 0 Å². The van der Waals surface area contributed by atoms with Crippen LogP contribution in [0.15, 0.2) is 30.5 Å². The molecule has 2 heterocycles. The lowest BCUT2D eigenvalue weighted by atomic mass is 10.1. The number of hydrogen-bond acceptors (Lipinski definition) is 4. The fourth-order valence-corrected chi connectivity index (χ4v) is 3.15. The fourth-order valence-electron chi connectivity index (χ4n) is 3.15. The number of nitrogens with two attached hydrogens (primary N) is 1. The Labute approximate surface area is 126 Å². The second kappa shape index (κ2) is 6.00. The number of benzene rings is 1. The molecule has 4 nitrogen and oxygen atoms in total. The first-order valence-electron chi connectivity index (χ1n) is 7.76. The molecule has 3 rings (SSSR count). The zero-order valence-corrected chi connectivity index (χ0v) is 12.9. The summed E-state index contributed by atoms with van der Waals surface area (Å²) in [4.78, 5) is 9.54. The monoisotopic (exact) mass is 284 g/mol. The summed E-state index contributed by atoms with van der Waals surface area (Å²) < 4.78 is 0. The molecule has 1 aliphatic heterocycles. The second-order valence-corrected chi connectivity index (χ2v) is 5.97. The van der Waals surface area contributed by atoms with Crippen molar-refractivity contribution in [3.8, 4) is 0 Å². The van der Waals surface area contributed by atoms with Gasteiger partial charge in [-0.15, -0.1) is 0 Å². The molecule has 0 spiro atoms. The Kier molecular flexibility index (Phi) is 4.08. The van der Waals surface area contributed by atoms with Gasteiger partial charge in [0.05, 0.1) is 11.2 Å². The van der Waals surface area contributed by atoms with E-state index in [2.05, 4.69) is 46.8 Å². The molecule has 0 bridgehead atoms. The molecule has 1 aromatic carbocycles. The third kappa shape index (κ3) is 2.74. The number of rotatable bonds is 3. The van der Waals surface area contributed by atoms with Crippen molar-refractivity contribution in [2.24, 2.45) is 5.73 Å². The minimum absolute atomic E-state index is 0.539. The van der Waals surface area contributed by atoms with Crippen LogP contribution in [0.4, 0.5) is 5.69 Å². The molecule has 4 heteroatoms. The van der Waals surface area contributed by atoms with Crippen molar-refractivity contribution in [1.82, 2.24) is 9.88 Å². The van der Waals surface area contributed by atoms with Crippen LogP contribution < -0.4 is 10.6 Å². The van der Waals surface area contributed by atoms with Gasteiger partial charge in [0.15, 0.2) is 0 Å². The number of fused-ring (bicyclic) bond motifs is 1. The van der Waals surface area contributed by atoms with E-state index in [0.717, 1.165) is 37.3 Å². The number of aromatic nitrogens is 1. The van der Waals surface area contributed by atoms with Gasteiger partial charge in [0, 0.05) is 55.9 Å². The number of nitrogens with zero attached hydrogens (tertiary/aromatic N) is 3. The van der Waals surface area contributed by atoms with E-state index in [1.807, 2.05) is 12.3 Å². The standard InChI is InChI=1S/C17H24N4/c1-13(2)20-7-9-21(10-8-20)17-14(11-18)12-19-16-6-4-3-5-15(16)17/h3-6,12-13H,7-11,18H2,1-2H3. The lowest BCUT2D eigenvalue weighted by Gasteiger charge is -2.39. The van der Waals surface area contributed by atoms with Gasteiger partial charge in [-0.1, -0.05) is 18.2 Å². The van der Waals surface area contributed by atoms with Gasteiger partial charge >= 0.3 is 0 Å². The molecule has 0 saturated carbocycles. The SMILES string of the molecule is CC(C)N1CCN(c2c(CN)cnc3ccccc23)CC1. The van der Waals surface area contributed by atoms with Crippen molar-refractivity contribution in [3.63, 3.8) is 0 Å². The highest BCUT2D eigenvalue weighted by Crippen LogP contribution is 2.30. The van der Waals surface area contributed by atoms with Gasteiger partial charge < -0.3 is 10.6 Å². The van der Waals surface area contributed by atoms with Crippen molar-refractivity contribution in [3.05, 3.63) is 36.0 Å².